The molecule has 0 aliphatic heterocycles. The maximum Gasteiger partial charge on any atom is 0.228 e. The lowest BCUT2D eigenvalue weighted by Gasteiger charge is -2.19. The minimum absolute atomic E-state index is 0.370. The molecule has 0 bridgehead atoms. The summed E-state index contributed by atoms with van der Waals surface area (Å²) in [6, 6.07) is 7.72. The van der Waals surface area contributed by atoms with Gasteiger partial charge in [-0.25, -0.2) is 9.97 Å². The van der Waals surface area contributed by atoms with Crippen molar-refractivity contribution in [3.05, 3.63) is 39.0 Å². The van der Waals surface area contributed by atoms with E-state index in [-0.39, 0.29) is 0 Å². The van der Waals surface area contributed by atoms with Crippen LogP contribution in [0.2, 0.25) is 10.3 Å². The van der Waals surface area contributed by atoms with Crippen LogP contribution in [0.3, 0.4) is 0 Å². The van der Waals surface area contributed by atoms with Gasteiger partial charge >= 0.3 is 0 Å². The van der Waals surface area contributed by atoms with Crippen molar-refractivity contribution in [2.45, 2.75) is 13.8 Å². The van der Waals surface area contributed by atoms with Crippen LogP contribution in [0.5, 0.6) is 0 Å². The second kappa shape index (κ2) is 6.74. The lowest BCUT2D eigenvalue weighted by molar-refractivity contribution is 0.822. The number of hydrogen-bond acceptors (Lipinski definition) is 3. The third-order valence-corrected chi connectivity index (χ3v) is 4.06. The minimum Gasteiger partial charge on any atom is -0.341 e. The zero-order chi connectivity index (χ0) is 14.7. The summed E-state index contributed by atoms with van der Waals surface area (Å²) >= 11 is 16.0. The highest BCUT2D eigenvalue weighted by Gasteiger charge is 2.16. The van der Waals surface area contributed by atoms with Gasteiger partial charge in [-0.1, -0.05) is 51.3 Å². The van der Waals surface area contributed by atoms with Crippen molar-refractivity contribution in [3.8, 4) is 11.1 Å². The molecule has 0 aliphatic rings. The van der Waals surface area contributed by atoms with Gasteiger partial charge in [-0.2, -0.15) is 0 Å². The van der Waals surface area contributed by atoms with Crippen LogP contribution >= 0.6 is 39.1 Å². The highest BCUT2D eigenvalue weighted by atomic mass is 79.9. The third kappa shape index (κ3) is 3.25. The zero-order valence-electron chi connectivity index (χ0n) is 11.2. The fourth-order valence-electron chi connectivity index (χ4n) is 1.90. The number of nitrogens with zero attached hydrogens (tertiary/aromatic N) is 3. The summed E-state index contributed by atoms with van der Waals surface area (Å²) in [6.45, 7) is 5.69. The second-order valence-electron chi connectivity index (χ2n) is 4.16. The molecule has 0 spiro atoms. The van der Waals surface area contributed by atoms with Crippen LogP contribution in [0.1, 0.15) is 13.8 Å². The van der Waals surface area contributed by atoms with Crippen LogP contribution in [0.4, 0.5) is 5.95 Å². The maximum atomic E-state index is 6.29. The van der Waals surface area contributed by atoms with Crippen LogP contribution in [0, 0.1) is 0 Å². The van der Waals surface area contributed by atoms with E-state index in [1.54, 1.807) is 0 Å². The van der Waals surface area contributed by atoms with Crippen molar-refractivity contribution < 1.29 is 0 Å². The van der Waals surface area contributed by atoms with Crippen molar-refractivity contribution in [1.82, 2.24) is 9.97 Å². The van der Waals surface area contributed by atoms with Crippen LogP contribution in [-0.4, -0.2) is 23.1 Å². The van der Waals surface area contributed by atoms with Crippen molar-refractivity contribution in [3.63, 3.8) is 0 Å². The van der Waals surface area contributed by atoms with Gasteiger partial charge in [0.1, 0.15) is 10.3 Å². The molecule has 0 saturated carbocycles. The molecule has 2 rings (SSSR count). The topological polar surface area (TPSA) is 29.0 Å². The molecular formula is C14H14BrCl2N3. The molecule has 3 nitrogen and oxygen atoms in total. The molecule has 1 aromatic heterocycles. The smallest absolute Gasteiger partial charge is 0.228 e. The number of halogens is 3. The number of aromatic nitrogens is 2. The monoisotopic (exact) mass is 373 g/mol. The maximum absolute atomic E-state index is 6.29. The van der Waals surface area contributed by atoms with E-state index in [1.807, 2.05) is 43.0 Å². The SMILES string of the molecule is CCN(CC)c1nc(Cl)c(-c2ccc(Br)cc2)c(Cl)n1. The molecule has 0 amide bonds. The number of benzene rings is 1. The Morgan fingerprint density at radius 1 is 1.00 bits per heavy atom. The third-order valence-electron chi connectivity index (χ3n) is 2.99. The first kappa shape index (κ1) is 15.5. The fraction of sp³-hybridized carbons (Fsp3) is 0.286. The van der Waals surface area contributed by atoms with Gasteiger partial charge in [0.15, 0.2) is 0 Å². The second-order valence-corrected chi connectivity index (χ2v) is 5.79. The summed E-state index contributed by atoms with van der Waals surface area (Å²) in [4.78, 5) is 10.7. The Morgan fingerprint density at radius 3 is 1.95 bits per heavy atom. The fourth-order valence-corrected chi connectivity index (χ4v) is 2.76. The molecule has 2 aromatic rings. The molecule has 0 N–H and O–H groups in total. The molecule has 106 valence electrons. The Hall–Kier alpha value is -0.840. The summed E-state index contributed by atoms with van der Waals surface area (Å²) < 4.78 is 0.995. The molecule has 0 saturated heterocycles. The summed E-state index contributed by atoms with van der Waals surface area (Å²) in [5, 5.41) is 0.739. The van der Waals surface area contributed by atoms with Crippen molar-refractivity contribution in [1.29, 1.82) is 0 Å². The quantitative estimate of drug-likeness (QED) is 0.700. The Bertz CT molecular complexity index is 575. The zero-order valence-corrected chi connectivity index (χ0v) is 14.3. The van der Waals surface area contributed by atoms with Crippen LogP contribution in [0.25, 0.3) is 11.1 Å². The van der Waals surface area contributed by atoms with E-state index in [2.05, 4.69) is 25.9 Å². The Kier molecular flexibility index (Phi) is 5.24. The van der Waals surface area contributed by atoms with E-state index in [0.29, 0.717) is 21.8 Å². The molecule has 0 radical (unpaired) electrons. The van der Waals surface area contributed by atoms with Crippen molar-refractivity contribution in [2.75, 3.05) is 18.0 Å². The Morgan fingerprint density at radius 2 is 1.50 bits per heavy atom. The van der Waals surface area contributed by atoms with Crippen LogP contribution in [-0.2, 0) is 0 Å². The summed E-state index contributed by atoms with van der Waals surface area (Å²) in [5.74, 6) is 0.561. The summed E-state index contributed by atoms with van der Waals surface area (Å²) in [7, 11) is 0. The molecule has 20 heavy (non-hydrogen) atoms. The highest BCUT2D eigenvalue weighted by Crippen LogP contribution is 2.34. The van der Waals surface area contributed by atoms with Gasteiger partial charge in [-0.3, -0.25) is 0 Å². The van der Waals surface area contributed by atoms with Crippen LogP contribution in [0.15, 0.2) is 28.7 Å². The van der Waals surface area contributed by atoms with Gasteiger partial charge in [-0.05, 0) is 31.5 Å². The number of anilines is 1. The summed E-state index contributed by atoms with van der Waals surface area (Å²) in [6.07, 6.45) is 0. The van der Waals surface area contributed by atoms with E-state index in [0.717, 1.165) is 23.1 Å². The number of rotatable bonds is 4. The van der Waals surface area contributed by atoms with Gasteiger partial charge in [-0.15, -0.1) is 0 Å². The number of hydrogen-bond donors (Lipinski definition) is 0. The molecule has 0 fully saturated rings. The molecule has 6 heteroatoms. The van der Waals surface area contributed by atoms with Crippen molar-refractivity contribution in [2.24, 2.45) is 0 Å². The van der Waals surface area contributed by atoms with E-state index >= 15 is 0 Å². The lowest BCUT2D eigenvalue weighted by atomic mass is 10.1. The van der Waals surface area contributed by atoms with E-state index < -0.39 is 0 Å². The molecule has 1 heterocycles. The molecule has 0 aliphatic carbocycles. The average molecular weight is 375 g/mol. The molecule has 1 aromatic carbocycles. The first-order chi connectivity index (χ1) is 9.56. The normalized spacial score (nSPS) is 10.7. The predicted octanol–water partition coefficient (Wildman–Crippen LogP) is 5.06. The van der Waals surface area contributed by atoms with E-state index in [1.165, 1.54) is 0 Å². The van der Waals surface area contributed by atoms with Crippen LogP contribution < -0.4 is 4.90 Å². The molecular weight excluding hydrogens is 361 g/mol. The van der Waals surface area contributed by atoms with Crippen molar-refractivity contribution >= 4 is 45.1 Å². The minimum atomic E-state index is 0.370. The predicted molar refractivity (Wildman–Crippen MR) is 88.7 cm³/mol. The van der Waals surface area contributed by atoms with Gasteiger partial charge in [0.25, 0.3) is 0 Å². The van der Waals surface area contributed by atoms with E-state index in [9.17, 15) is 0 Å². The Labute approximate surface area is 137 Å². The average Bonchev–Trinajstić information content (AvgIpc) is 2.41. The van der Waals surface area contributed by atoms with Gasteiger partial charge in [0, 0.05) is 17.6 Å². The first-order valence-electron chi connectivity index (χ1n) is 6.30. The van der Waals surface area contributed by atoms with Gasteiger partial charge in [0.2, 0.25) is 5.95 Å². The molecule has 0 atom stereocenters. The highest BCUT2D eigenvalue weighted by molar-refractivity contribution is 9.10. The lowest BCUT2D eigenvalue weighted by Crippen LogP contribution is -2.24. The standard InChI is InChI=1S/C14H14BrCl2N3/c1-3-20(4-2)14-18-12(16)11(13(17)19-14)9-5-7-10(15)8-6-9/h5-8H,3-4H2,1-2H3. The molecule has 0 unspecified atom stereocenters. The Balaban J connectivity index is 2.48. The van der Waals surface area contributed by atoms with Gasteiger partial charge < -0.3 is 4.90 Å². The van der Waals surface area contributed by atoms with E-state index in [4.69, 9.17) is 23.2 Å². The largest absolute Gasteiger partial charge is 0.341 e. The van der Waals surface area contributed by atoms with Gasteiger partial charge in [0.05, 0.1) is 5.56 Å². The summed E-state index contributed by atoms with van der Waals surface area (Å²) in [5.41, 5.74) is 1.56. The first-order valence-corrected chi connectivity index (χ1v) is 7.85.